The molecule has 0 aromatic heterocycles. The second-order valence-corrected chi connectivity index (χ2v) is 8.86. The van der Waals surface area contributed by atoms with Gasteiger partial charge in [0.15, 0.2) is 0 Å². The summed E-state index contributed by atoms with van der Waals surface area (Å²) in [5.41, 5.74) is 6.22. The molecular formula is C34H33FO2. The highest BCUT2D eigenvalue weighted by atomic mass is 19.1. The summed E-state index contributed by atoms with van der Waals surface area (Å²) in [6, 6.07) is 27.5. The normalized spacial score (nSPS) is 10.5. The van der Waals surface area contributed by atoms with E-state index in [1.165, 1.54) is 0 Å². The molecule has 2 nitrogen and oxygen atoms in total. The van der Waals surface area contributed by atoms with E-state index in [0.29, 0.717) is 25.2 Å². The standard InChI is InChI=1S/C34H33FO2/c1-4-7-22-37-32-19-15-29(16-20-32)30-23-26(5-2)33(34(35)24-30)21-10-25-8-11-27(12-9-25)28-13-17-31(18-14-28)36-6-3/h8-9,11-20,23-24H,4-7,22H2,1-3H3. The van der Waals surface area contributed by atoms with Gasteiger partial charge in [-0.05, 0) is 96.1 Å². The van der Waals surface area contributed by atoms with Gasteiger partial charge < -0.3 is 9.47 Å². The first kappa shape index (κ1) is 26.0. The van der Waals surface area contributed by atoms with E-state index in [2.05, 4.69) is 18.8 Å². The van der Waals surface area contributed by atoms with Crippen molar-refractivity contribution in [3.8, 4) is 45.6 Å². The molecule has 4 aromatic rings. The average molecular weight is 493 g/mol. The Balaban J connectivity index is 1.51. The lowest BCUT2D eigenvalue weighted by atomic mass is 9.97. The van der Waals surface area contributed by atoms with Crippen LogP contribution in [0.1, 0.15) is 50.3 Å². The highest BCUT2D eigenvalue weighted by Crippen LogP contribution is 2.28. The van der Waals surface area contributed by atoms with E-state index in [0.717, 1.165) is 57.7 Å². The van der Waals surface area contributed by atoms with E-state index < -0.39 is 0 Å². The van der Waals surface area contributed by atoms with Crippen molar-refractivity contribution in [1.82, 2.24) is 0 Å². The number of benzene rings is 4. The Kier molecular flexibility index (Phi) is 9.00. The van der Waals surface area contributed by atoms with Crippen LogP contribution in [0.15, 0.2) is 84.9 Å². The van der Waals surface area contributed by atoms with Crippen LogP contribution in [0.25, 0.3) is 22.3 Å². The zero-order valence-corrected chi connectivity index (χ0v) is 21.8. The van der Waals surface area contributed by atoms with Crippen LogP contribution in [0.3, 0.4) is 0 Å². The smallest absolute Gasteiger partial charge is 0.139 e. The van der Waals surface area contributed by atoms with Crippen LogP contribution >= 0.6 is 0 Å². The molecule has 0 saturated heterocycles. The van der Waals surface area contributed by atoms with Gasteiger partial charge in [0.2, 0.25) is 0 Å². The largest absolute Gasteiger partial charge is 0.494 e. The van der Waals surface area contributed by atoms with Gasteiger partial charge in [-0.2, -0.15) is 0 Å². The lowest BCUT2D eigenvalue weighted by molar-refractivity contribution is 0.309. The summed E-state index contributed by atoms with van der Waals surface area (Å²) in [6.07, 6.45) is 2.83. The van der Waals surface area contributed by atoms with Gasteiger partial charge in [-0.3, -0.25) is 0 Å². The molecule has 0 radical (unpaired) electrons. The molecule has 0 N–H and O–H groups in total. The van der Waals surface area contributed by atoms with Gasteiger partial charge in [0.25, 0.3) is 0 Å². The number of unbranched alkanes of at least 4 members (excludes halogenated alkanes) is 1. The number of ether oxygens (including phenoxy) is 2. The molecule has 0 atom stereocenters. The zero-order chi connectivity index (χ0) is 26.0. The van der Waals surface area contributed by atoms with Crippen molar-refractivity contribution in [3.05, 3.63) is 107 Å². The molecule has 0 fully saturated rings. The maximum Gasteiger partial charge on any atom is 0.139 e. The second-order valence-electron chi connectivity index (χ2n) is 8.86. The average Bonchev–Trinajstić information content (AvgIpc) is 2.93. The highest BCUT2D eigenvalue weighted by molar-refractivity contribution is 5.68. The second kappa shape index (κ2) is 12.8. The number of hydrogen-bond acceptors (Lipinski definition) is 2. The Labute approximate surface area is 220 Å². The topological polar surface area (TPSA) is 18.5 Å². The lowest BCUT2D eigenvalue weighted by Crippen LogP contribution is -1.97. The SMILES string of the molecule is CCCCOc1ccc(-c2cc(F)c(C#Cc3ccc(-c4ccc(OCC)cc4)cc3)c(CC)c2)cc1. The van der Waals surface area contributed by atoms with Gasteiger partial charge in [-0.15, -0.1) is 0 Å². The molecule has 0 aliphatic carbocycles. The third kappa shape index (κ3) is 6.80. The Morgan fingerprint density at radius 1 is 0.649 bits per heavy atom. The van der Waals surface area contributed by atoms with Crippen molar-refractivity contribution in [2.75, 3.05) is 13.2 Å². The van der Waals surface area contributed by atoms with E-state index in [1.54, 1.807) is 6.07 Å². The van der Waals surface area contributed by atoms with Gasteiger partial charge in [0.05, 0.1) is 18.8 Å². The first-order valence-corrected chi connectivity index (χ1v) is 13.0. The van der Waals surface area contributed by atoms with Crippen LogP contribution in [0.4, 0.5) is 4.39 Å². The summed E-state index contributed by atoms with van der Waals surface area (Å²) in [5.74, 6) is 7.64. The minimum atomic E-state index is -0.295. The first-order valence-electron chi connectivity index (χ1n) is 13.0. The van der Waals surface area contributed by atoms with Gasteiger partial charge in [0.1, 0.15) is 17.3 Å². The molecule has 3 heteroatoms. The van der Waals surface area contributed by atoms with Crippen LogP contribution in [-0.4, -0.2) is 13.2 Å². The van der Waals surface area contributed by atoms with Crippen LogP contribution in [-0.2, 0) is 6.42 Å². The number of halogens is 1. The van der Waals surface area contributed by atoms with Gasteiger partial charge in [-0.25, -0.2) is 4.39 Å². The minimum absolute atomic E-state index is 0.295. The number of rotatable bonds is 9. The van der Waals surface area contributed by atoms with Gasteiger partial charge in [0, 0.05) is 5.56 Å². The molecule has 4 aromatic carbocycles. The van der Waals surface area contributed by atoms with Crippen LogP contribution in [0.5, 0.6) is 11.5 Å². The molecule has 0 saturated carbocycles. The Morgan fingerprint density at radius 2 is 1.22 bits per heavy atom. The van der Waals surface area contributed by atoms with E-state index >= 15 is 4.39 Å². The minimum Gasteiger partial charge on any atom is -0.494 e. The fraction of sp³-hybridized carbons (Fsp3) is 0.235. The summed E-state index contributed by atoms with van der Waals surface area (Å²) >= 11 is 0. The van der Waals surface area contributed by atoms with E-state index in [4.69, 9.17) is 9.47 Å². The predicted molar refractivity (Wildman–Crippen MR) is 151 cm³/mol. The van der Waals surface area contributed by atoms with Crippen molar-refractivity contribution in [2.24, 2.45) is 0 Å². The maximum atomic E-state index is 15.2. The molecule has 0 spiro atoms. The summed E-state index contributed by atoms with van der Waals surface area (Å²) in [4.78, 5) is 0. The lowest BCUT2D eigenvalue weighted by Gasteiger charge is -2.10. The van der Waals surface area contributed by atoms with Crippen molar-refractivity contribution >= 4 is 0 Å². The Bertz CT molecular complexity index is 1360. The van der Waals surface area contributed by atoms with Gasteiger partial charge >= 0.3 is 0 Å². The molecule has 0 bridgehead atoms. The fourth-order valence-corrected chi connectivity index (χ4v) is 4.12. The van der Waals surface area contributed by atoms with Crippen LogP contribution in [0, 0.1) is 17.7 Å². The third-order valence-corrected chi connectivity index (χ3v) is 6.22. The molecular weight excluding hydrogens is 459 g/mol. The fourth-order valence-electron chi connectivity index (χ4n) is 4.12. The molecule has 0 aliphatic rings. The summed E-state index contributed by atoms with van der Waals surface area (Å²) in [5, 5.41) is 0. The Hall–Kier alpha value is -4.03. The molecule has 4 rings (SSSR count). The maximum absolute atomic E-state index is 15.2. The molecule has 37 heavy (non-hydrogen) atoms. The third-order valence-electron chi connectivity index (χ3n) is 6.22. The van der Waals surface area contributed by atoms with Gasteiger partial charge in [-0.1, -0.05) is 68.5 Å². The first-order chi connectivity index (χ1) is 18.1. The number of hydrogen-bond donors (Lipinski definition) is 0. The van der Waals surface area contributed by atoms with Crippen LogP contribution in [0.2, 0.25) is 0 Å². The highest BCUT2D eigenvalue weighted by Gasteiger charge is 2.10. The number of aryl methyl sites for hydroxylation is 1. The summed E-state index contributed by atoms with van der Waals surface area (Å²) in [6.45, 7) is 7.50. The quantitative estimate of drug-likeness (QED) is 0.172. The van der Waals surface area contributed by atoms with Crippen molar-refractivity contribution in [3.63, 3.8) is 0 Å². The molecule has 0 heterocycles. The Morgan fingerprint density at radius 3 is 1.78 bits per heavy atom. The van der Waals surface area contributed by atoms with Crippen molar-refractivity contribution in [2.45, 2.75) is 40.0 Å². The molecule has 0 aliphatic heterocycles. The van der Waals surface area contributed by atoms with Crippen molar-refractivity contribution < 1.29 is 13.9 Å². The van der Waals surface area contributed by atoms with E-state index in [9.17, 15) is 0 Å². The van der Waals surface area contributed by atoms with E-state index in [1.807, 2.05) is 92.7 Å². The molecule has 0 amide bonds. The predicted octanol–water partition coefficient (Wildman–Crippen LogP) is 8.70. The monoisotopic (exact) mass is 492 g/mol. The van der Waals surface area contributed by atoms with E-state index in [-0.39, 0.29) is 5.82 Å². The zero-order valence-electron chi connectivity index (χ0n) is 21.8. The van der Waals surface area contributed by atoms with Crippen LogP contribution < -0.4 is 9.47 Å². The van der Waals surface area contributed by atoms with Crippen molar-refractivity contribution in [1.29, 1.82) is 0 Å². The molecule has 188 valence electrons. The summed E-state index contributed by atoms with van der Waals surface area (Å²) < 4.78 is 26.5. The molecule has 0 unspecified atom stereocenters. The summed E-state index contributed by atoms with van der Waals surface area (Å²) in [7, 11) is 0.